The highest BCUT2D eigenvalue weighted by Crippen LogP contribution is 2.34. The summed E-state index contributed by atoms with van der Waals surface area (Å²) in [7, 11) is 0. The van der Waals surface area contributed by atoms with E-state index in [0.29, 0.717) is 23.7 Å². The first-order chi connectivity index (χ1) is 17.7. The van der Waals surface area contributed by atoms with Gasteiger partial charge in [0.1, 0.15) is 5.01 Å². The number of benzene rings is 3. The quantitative estimate of drug-likeness (QED) is 0.349. The van der Waals surface area contributed by atoms with Gasteiger partial charge in [-0.1, -0.05) is 78.1 Å². The highest BCUT2D eigenvalue weighted by Gasteiger charge is 2.34. The van der Waals surface area contributed by atoms with Gasteiger partial charge in [0, 0.05) is 35.5 Å². The Kier molecular flexibility index (Phi) is 5.71. The molecule has 2 amide bonds. The zero-order valence-electron chi connectivity index (χ0n) is 19.2. The van der Waals surface area contributed by atoms with E-state index in [1.165, 1.54) is 11.3 Å². The van der Waals surface area contributed by atoms with Crippen molar-refractivity contribution >= 4 is 44.9 Å². The summed E-state index contributed by atoms with van der Waals surface area (Å²) in [5.74, 6) is -0.280. The van der Waals surface area contributed by atoms with Gasteiger partial charge in [0.05, 0.1) is 16.8 Å². The van der Waals surface area contributed by atoms with Gasteiger partial charge in [-0.2, -0.15) is 0 Å². The zero-order chi connectivity index (χ0) is 24.5. The largest absolute Gasteiger partial charge is 0.312 e. The summed E-state index contributed by atoms with van der Waals surface area (Å²) in [6.07, 6.45) is 0.368. The third-order valence-corrected chi connectivity index (χ3v) is 7.23. The molecule has 7 nitrogen and oxygen atoms in total. The molecule has 2 aromatic heterocycles. The summed E-state index contributed by atoms with van der Waals surface area (Å²) in [6.45, 7) is 0.543. The second-order valence-electron chi connectivity index (χ2n) is 8.58. The molecule has 8 heteroatoms. The molecule has 1 aliphatic rings. The summed E-state index contributed by atoms with van der Waals surface area (Å²) < 4.78 is 0. The van der Waals surface area contributed by atoms with Crippen molar-refractivity contribution in [3.05, 3.63) is 102 Å². The van der Waals surface area contributed by atoms with Crippen LogP contribution in [-0.2, 0) is 4.79 Å². The third kappa shape index (κ3) is 4.23. The van der Waals surface area contributed by atoms with Crippen LogP contribution in [0.1, 0.15) is 27.7 Å². The molecule has 1 N–H and O–H groups in total. The summed E-state index contributed by atoms with van der Waals surface area (Å²) >= 11 is 1.31. The maximum Gasteiger partial charge on any atom is 0.258 e. The second-order valence-corrected chi connectivity index (χ2v) is 9.59. The average Bonchev–Trinajstić information content (AvgIpc) is 3.55. The van der Waals surface area contributed by atoms with Crippen LogP contribution in [0.4, 0.5) is 10.8 Å². The van der Waals surface area contributed by atoms with Crippen molar-refractivity contribution in [3.63, 3.8) is 0 Å². The minimum absolute atomic E-state index is 0.0590. The number of anilines is 2. The first kappa shape index (κ1) is 22.1. The van der Waals surface area contributed by atoms with Crippen LogP contribution in [-0.4, -0.2) is 33.5 Å². The molecule has 0 bridgehead atoms. The van der Waals surface area contributed by atoms with Crippen LogP contribution < -0.4 is 10.2 Å². The Balaban J connectivity index is 1.25. The number of carbonyl (C=O) groups is 2. The van der Waals surface area contributed by atoms with E-state index >= 15 is 0 Å². The molecule has 36 heavy (non-hydrogen) atoms. The smallest absolute Gasteiger partial charge is 0.258 e. The zero-order valence-corrected chi connectivity index (χ0v) is 20.0. The predicted octanol–water partition coefficient (Wildman–Crippen LogP) is 5.53. The topological polar surface area (TPSA) is 88.1 Å². The van der Waals surface area contributed by atoms with E-state index in [9.17, 15) is 9.59 Å². The van der Waals surface area contributed by atoms with Crippen LogP contribution in [0.2, 0.25) is 0 Å². The predicted molar refractivity (Wildman–Crippen MR) is 141 cm³/mol. The standard InChI is InChI=1S/C28H21N5O2S/c34-25-15-19(17-33(25)20-11-5-2-6-12-20)27-31-32-28(36-27)30-26(35)22-16-24(18-9-3-1-4-10-18)29-23-14-8-7-13-21(22)23/h1-14,16,19H,15,17H2,(H,30,32,35). The fraction of sp³-hybridized carbons (Fsp3) is 0.107. The number of para-hydroxylation sites is 2. The Morgan fingerprint density at radius 3 is 2.44 bits per heavy atom. The summed E-state index contributed by atoms with van der Waals surface area (Å²) in [6, 6.07) is 28.8. The Bertz CT molecular complexity index is 1570. The molecule has 1 atom stereocenters. The first-order valence-corrected chi connectivity index (χ1v) is 12.4. The van der Waals surface area contributed by atoms with E-state index in [1.54, 1.807) is 4.90 Å². The van der Waals surface area contributed by atoms with Crippen LogP contribution in [0.3, 0.4) is 0 Å². The lowest BCUT2D eigenvalue weighted by atomic mass is 10.0. The van der Waals surface area contributed by atoms with Crippen LogP contribution in [0.25, 0.3) is 22.2 Å². The van der Waals surface area contributed by atoms with Crippen molar-refractivity contribution in [2.75, 3.05) is 16.8 Å². The van der Waals surface area contributed by atoms with Gasteiger partial charge in [0.2, 0.25) is 11.0 Å². The van der Waals surface area contributed by atoms with Gasteiger partial charge in [0.15, 0.2) is 0 Å². The molecule has 176 valence electrons. The molecule has 1 fully saturated rings. The van der Waals surface area contributed by atoms with Gasteiger partial charge in [-0.05, 0) is 24.3 Å². The number of hydrogen-bond donors (Lipinski definition) is 1. The molecule has 0 aliphatic carbocycles. The highest BCUT2D eigenvalue weighted by molar-refractivity contribution is 7.15. The molecule has 1 aliphatic heterocycles. The molecule has 1 unspecified atom stereocenters. The van der Waals surface area contributed by atoms with Crippen LogP contribution in [0.15, 0.2) is 91.0 Å². The highest BCUT2D eigenvalue weighted by atomic mass is 32.1. The van der Waals surface area contributed by atoms with Gasteiger partial charge in [-0.25, -0.2) is 4.98 Å². The molecule has 6 rings (SSSR count). The van der Waals surface area contributed by atoms with Crippen LogP contribution in [0.5, 0.6) is 0 Å². The Labute approximate surface area is 211 Å². The minimum Gasteiger partial charge on any atom is -0.312 e. The maximum atomic E-state index is 13.4. The van der Waals surface area contributed by atoms with Gasteiger partial charge < -0.3 is 4.90 Å². The van der Waals surface area contributed by atoms with Crippen molar-refractivity contribution in [2.45, 2.75) is 12.3 Å². The van der Waals surface area contributed by atoms with E-state index in [-0.39, 0.29) is 17.7 Å². The third-order valence-electron chi connectivity index (χ3n) is 6.23. The van der Waals surface area contributed by atoms with Gasteiger partial charge in [-0.3, -0.25) is 14.9 Å². The van der Waals surface area contributed by atoms with Crippen molar-refractivity contribution in [3.8, 4) is 11.3 Å². The van der Waals surface area contributed by atoms with E-state index in [4.69, 9.17) is 4.98 Å². The lowest BCUT2D eigenvalue weighted by molar-refractivity contribution is -0.117. The number of carbonyl (C=O) groups excluding carboxylic acids is 2. The SMILES string of the molecule is O=C(Nc1nnc(C2CC(=O)N(c3ccccc3)C2)s1)c1cc(-c2ccccc2)nc2ccccc12. The van der Waals surface area contributed by atoms with Crippen molar-refractivity contribution in [2.24, 2.45) is 0 Å². The molecule has 3 aromatic carbocycles. The fourth-order valence-corrected chi connectivity index (χ4v) is 5.29. The van der Waals surface area contributed by atoms with Crippen molar-refractivity contribution in [1.29, 1.82) is 0 Å². The lowest BCUT2D eigenvalue weighted by Crippen LogP contribution is -2.24. The normalized spacial score (nSPS) is 15.4. The molecule has 0 saturated carbocycles. The number of rotatable bonds is 5. The summed E-state index contributed by atoms with van der Waals surface area (Å²) in [5.41, 5.74) is 3.80. The fourth-order valence-electron chi connectivity index (χ4n) is 4.47. The van der Waals surface area contributed by atoms with E-state index in [0.717, 1.165) is 32.9 Å². The monoisotopic (exact) mass is 491 g/mol. The first-order valence-electron chi connectivity index (χ1n) is 11.6. The second kappa shape index (κ2) is 9.31. The Morgan fingerprint density at radius 1 is 0.917 bits per heavy atom. The van der Waals surface area contributed by atoms with Gasteiger partial charge in [-0.15, -0.1) is 10.2 Å². The maximum absolute atomic E-state index is 13.4. The molecule has 0 spiro atoms. The molecule has 1 saturated heterocycles. The molecule has 0 radical (unpaired) electrons. The molecule has 5 aromatic rings. The van der Waals surface area contributed by atoms with Gasteiger partial charge >= 0.3 is 0 Å². The number of pyridine rings is 1. The molecular weight excluding hydrogens is 470 g/mol. The number of amides is 2. The van der Waals surface area contributed by atoms with Crippen molar-refractivity contribution < 1.29 is 9.59 Å². The van der Waals surface area contributed by atoms with Crippen LogP contribution in [0, 0.1) is 0 Å². The summed E-state index contributed by atoms with van der Waals surface area (Å²) in [5, 5.41) is 13.3. The number of nitrogens with zero attached hydrogens (tertiary/aromatic N) is 4. The average molecular weight is 492 g/mol. The number of nitrogens with one attached hydrogen (secondary N) is 1. The number of fused-ring (bicyclic) bond motifs is 1. The number of aromatic nitrogens is 3. The minimum atomic E-state index is -0.276. The summed E-state index contributed by atoms with van der Waals surface area (Å²) in [4.78, 5) is 32.5. The number of hydrogen-bond acceptors (Lipinski definition) is 6. The van der Waals surface area contributed by atoms with Crippen LogP contribution >= 0.6 is 11.3 Å². The van der Waals surface area contributed by atoms with Gasteiger partial charge in [0.25, 0.3) is 5.91 Å². The van der Waals surface area contributed by atoms with E-state index in [1.807, 2.05) is 91.0 Å². The Morgan fingerprint density at radius 2 is 1.64 bits per heavy atom. The lowest BCUT2D eigenvalue weighted by Gasteiger charge is -2.15. The molecular formula is C28H21N5O2S. The van der Waals surface area contributed by atoms with E-state index in [2.05, 4.69) is 15.5 Å². The Hall–Kier alpha value is -4.43. The molecule has 3 heterocycles. The van der Waals surface area contributed by atoms with E-state index < -0.39 is 0 Å². The van der Waals surface area contributed by atoms with Crippen molar-refractivity contribution in [1.82, 2.24) is 15.2 Å².